The number of amides is 2. The predicted molar refractivity (Wildman–Crippen MR) is 172 cm³/mol. The zero-order valence-corrected chi connectivity index (χ0v) is 25.8. The first-order valence-corrected chi connectivity index (χ1v) is 15.7. The quantitative estimate of drug-likeness (QED) is 0.160. The van der Waals surface area contributed by atoms with Crippen molar-refractivity contribution in [2.24, 2.45) is 5.10 Å². The zero-order valence-electron chi connectivity index (χ0n) is 24.9. The van der Waals surface area contributed by atoms with Crippen LogP contribution in [0.1, 0.15) is 42.1 Å². The minimum atomic E-state index is -4.04. The van der Waals surface area contributed by atoms with Crippen LogP contribution >= 0.6 is 0 Å². The van der Waals surface area contributed by atoms with Gasteiger partial charge in [-0.3, -0.25) is 13.9 Å². The number of nitrogens with zero attached hydrogens (tertiary/aromatic N) is 2. The molecule has 2 amide bonds. The van der Waals surface area contributed by atoms with E-state index in [-0.39, 0.29) is 23.5 Å². The van der Waals surface area contributed by atoms with E-state index >= 15 is 0 Å². The number of ether oxygens (including phenoxy) is 1. The van der Waals surface area contributed by atoms with Gasteiger partial charge in [-0.2, -0.15) is 5.10 Å². The number of hydrogen-bond acceptors (Lipinski definition) is 6. The molecule has 0 bridgehead atoms. The summed E-state index contributed by atoms with van der Waals surface area (Å²) in [6, 6.07) is 30.0. The summed E-state index contributed by atoms with van der Waals surface area (Å²) < 4.78 is 34.0. The molecule has 0 aliphatic heterocycles. The molecule has 0 radical (unpaired) electrons. The summed E-state index contributed by atoms with van der Waals surface area (Å²) in [5.41, 5.74) is 6.26. The third kappa shape index (κ3) is 8.54. The Morgan fingerprint density at radius 1 is 0.886 bits per heavy atom. The van der Waals surface area contributed by atoms with E-state index in [2.05, 4.69) is 15.8 Å². The van der Waals surface area contributed by atoms with E-state index in [4.69, 9.17) is 4.74 Å². The third-order valence-corrected chi connectivity index (χ3v) is 8.64. The van der Waals surface area contributed by atoms with Crippen molar-refractivity contribution in [3.8, 4) is 5.75 Å². The van der Waals surface area contributed by atoms with Crippen LogP contribution in [0.3, 0.4) is 0 Å². The summed E-state index contributed by atoms with van der Waals surface area (Å²) in [6.07, 6.45) is 2.03. The molecule has 0 saturated carbocycles. The van der Waals surface area contributed by atoms with Crippen molar-refractivity contribution in [2.45, 2.75) is 38.1 Å². The highest BCUT2D eigenvalue weighted by molar-refractivity contribution is 7.92. The number of para-hydroxylation sites is 1. The van der Waals surface area contributed by atoms with Crippen molar-refractivity contribution in [1.82, 2.24) is 10.7 Å². The van der Waals surface area contributed by atoms with Gasteiger partial charge in [-0.25, -0.2) is 13.8 Å². The molecule has 0 aliphatic rings. The lowest BCUT2D eigenvalue weighted by molar-refractivity contribution is -0.123. The lowest BCUT2D eigenvalue weighted by Crippen LogP contribution is -2.40. The van der Waals surface area contributed by atoms with Gasteiger partial charge in [-0.05, 0) is 79.4 Å². The molecule has 0 saturated heterocycles. The average molecular weight is 613 g/mol. The summed E-state index contributed by atoms with van der Waals surface area (Å²) in [7, 11) is -4.04. The third-order valence-electron chi connectivity index (χ3n) is 6.87. The van der Waals surface area contributed by atoms with Gasteiger partial charge in [0, 0.05) is 0 Å². The van der Waals surface area contributed by atoms with Gasteiger partial charge < -0.3 is 10.1 Å². The zero-order chi connectivity index (χ0) is 31.5. The number of carbonyl (C=O) groups excluding carboxylic acids is 2. The fourth-order valence-corrected chi connectivity index (χ4v) is 5.90. The monoisotopic (exact) mass is 612 g/mol. The molecule has 0 aromatic heterocycles. The first kappa shape index (κ1) is 32.0. The van der Waals surface area contributed by atoms with Gasteiger partial charge in [0.2, 0.25) is 0 Å². The van der Waals surface area contributed by atoms with Crippen LogP contribution in [0.5, 0.6) is 5.75 Å². The Morgan fingerprint density at radius 3 is 2.23 bits per heavy atom. The van der Waals surface area contributed by atoms with Gasteiger partial charge >= 0.3 is 0 Å². The minimum Gasteiger partial charge on any atom is -0.484 e. The fourth-order valence-electron chi connectivity index (χ4n) is 4.44. The Labute approximate surface area is 258 Å². The molecular weight excluding hydrogens is 576 g/mol. The minimum absolute atomic E-state index is 0.0933. The molecule has 4 rings (SSSR count). The first-order valence-electron chi connectivity index (χ1n) is 14.2. The highest BCUT2D eigenvalue weighted by Crippen LogP contribution is 2.27. The summed E-state index contributed by atoms with van der Waals surface area (Å²) in [4.78, 5) is 25.3. The van der Waals surface area contributed by atoms with Crippen LogP contribution < -0.4 is 19.8 Å². The van der Waals surface area contributed by atoms with Crippen LogP contribution in [0, 0.1) is 6.92 Å². The molecule has 0 aliphatic carbocycles. The van der Waals surface area contributed by atoms with Crippen molar-refractivity contribution in [1.29, 1.82) is 0 Å². The molecule has 4 aromatic carbocycles. The van der Waals surface area contributed by atoms with E-state index in [1.165, 1.54) is 18.3 Å². The molecule has 228 valence electrons. The van der Waals surface area contributed by atoms with Gasteiger partial charge in [0.05, 0.1) is 22.8 Å². The van der Waals surface area contributed by atoms with Crippen LogP contribution in [-0.4, -0.2) is 39.6 Å². The number of rotatable bonds is 13. The maximum atomic E-state index is 13.7. The van der Waals surface area contributed by atoms with Crippen molar-refractivity contribution in [2.75, 3.05) is 17.5 Å². The van der Waals surface area contributed by atoms with Crippen molar-refractivity contribution in [3.05, 3.63) is 125 Å². The van der Waals surface area contributed by atoms with Crippen LogP contribution in [0.4, 0.5) is 5.69 Å². The van der Waals surface area contributed by atoms with Crippen molar-refractivity contribution < 1.29 is 22.7 Å². The maximum Gasteiger partial charge on any atom is 0.264 e. The van der Waals surface area contributed by atoms with Gasteiger partial charge in [0.1, 0.15) is 12.3 Å². The molecule has 9 nitrogen and oxygen atoms in total. The number of sulfonamides is 1. The Kier molecular flexibility index (Phi) is 10.9. The molecule has 44 heavy (non-hydrogen) atoms. The number of hydrogen-bond donors (Lipinski definition) is 2. The standard InChI is InChI=1S/C34H36N4O5S/c1-4-28-10-8-9-13-32(28)38(44(41,42)31-20-14-25(2)15-21-31)23-33(39)37-35-22-27-16-18-30(19-17-27)43-24-34(40)36-26(3)29-11-6-5-7-12-29/h5-22,26H,4,23-24H2,1-3H3,(H,36,40)(H,37,39). The number of nitrogens with one attached hydrogen (secondary N) is 2. The molecule has 10 heteroatoms. The summed E-state index contributed by atoms with van der Waals surface area (Å²) >= 11 is 0. The number of hydrazone groups is 1. The molecule has 2 N–H and O–H groups in total. The molecule has 1 unspecified atom stereocenters. The normalized spacial score (nSPS) is 12.0. The summed E-state index contributed by atoms with van der Waals surface area (Å²) in [5, 5.41) is 6.91. The van der Waals surface area contributed by atoms with Gasteiger partial charge in [0.15, 0.2) is 6.61 Å². The molecule has 0 spiro atoms. The lowest BCUT2D eigenvalue weighted by atomic mass is 10.1. The summed E-state index contributed by atoms with van der Waals surface area (Å²) in [5.74, 6) is -0.339. The first-order chi connectivity index (χ1) is 21.2. The maximum absolute atomic E-state index is 13.7. The van der Waals surface area contributed by atoms with Gasteiger partial charge in [-0.1, -0.05) is 73.2 Å². The molecule has 1 atom stereocenters. The summed E-state index contributed by atoms with van der Waals surface area (Å²) in [6.45, 7) is 5.12. The largest absolute Gasteiger partial charge is 0.484 e. The number of aryl methyl sites for hydroxylation is 2. The van der Waals surface area contributed by atoms with Crippen molar-refractivity contribution in [3.63, 3.8) is 0 Å². The van der Waals surface area contributed by atoms with Crippen LogP contribution in [0.25, 0.3) is 0 Å². The SMILES string of the molecule is CCc1ccccc1N(CC(=O)NN=Cc1ccc(OCC(=O)NC(C)c2ccccc2)cc1)S(=O)(=O)c1ccc(C)cc1. The predicted octanol–water partition coefficient (Wildman–Crippen LogP) is 5.16. The fraction of sp³-hybridized carbons (Fsp3) is 0.206. The second kappa shape index (κ2) is 15.0. The molecule has 0 heterocycles. The highest BCUT2D eigenvalue weighted by Gasteiger charge is 2.28. The second-order valence-electron chi connectivity index (χ2n) is 10.2. The van der Waals surface area contributed by atoms with E-state index in [1.807, 2.05) is 63.2 Å². The second-order valence-corrected chi connectivity index (χ2v) is 12.0. The Balaban J connectivity index is 1.35. The average Bonchev–Trinajstić information content (AvgIpc) is 3.03. The molecular formula is C34H36N4O5S. The van der Waals surface area contributed by atoms with E-state index in [9.17, 15) is 18.0 Å². The van der Waals surface area contributed by atoms with Gasteiger partial charge in [-0.15, -0.1) is 0 Å². The molecule has 0 fully saturated rings. The van der Waals surface area contributed by atoms with Crippen LogP contribution in [0.2, 0.25) is 0 Å². The smallest absolute Gasteiger partial charge is 0.264 e. The topological polar surface area (TPSA) is 117 Å². The van der Waals surface area contributed by atoms with E-state index in [0.717, 1.165) is 21.0 Å². The van der Waals surface area contributed by atoms with E-state index in [1.54, 1.807) is 48.5 Å². The van der Waals surface area contributed by atoms with Crippen LogP contribution in [0.15, 0.2) is 113 Å². The number of anilines is 1. The van der Waals surface area contributed by atoms with Crippen LogP contribution in [-0.2, 0) is 26.0 Å². The number of carbonyl (C=O) groups is 2. The van der Waals surface area contributed by atoms with Crippen molar-refractivity contribution >= 4 is 33.7 Å². The van der Waals surface area contributed by atoms with E-state index in [0.29, 0.717) is 23.4 Å². The highest BCUT2D eigenvalue weighted by atomic mass is 32.2. The van der Waals surface area contributed by atoms with Gasteiger partial charge in [0.25, 0.3) is 21.8 Å². The Bertz CT molecular complexity index is 1690. The Hall–Kier alpha value is -4.96. The van der Waals surface area contributed by atoms with E-state index < -0.39 is 22.5 Å². The molecule has 4 aromatic rings. The number of benzene rings is 4. The lowest BCUT2D eigenvalue weighted by Gasteiger charge is -2.25. The Morgan fingerprint density at radius 2 is 1.55 bits per heavy atom.